The van der Waals surface area contributed by atoms with E-state index in [0.717, 1.165) is 18.9 Å². The number of hydrogen-bond donors (Lipinski definition) is 0. The van der Waals surface area contributed by atoms with Gasteiger partial charge >= 0.3 is 0 Å². The van der Waals surface area contributed by atoms with E-state index in [0.29, 0.717) is 0 Å². The molecular weight excluding hydrogens is 148 g/mol. The molecule has 0 amide bonds. The quantitative estimate of drug-likeness (QED) is 0.533. The van der Waals surface area contributed by atoms with Crippen molar-refractivity contribution in [2.24, 2.45) is 4.99 Å². The van der Waals surface area contributed by atoms with Crippen LogP contribution >= 0.6 is 0 Å². The van der Waals surface area contributed by atoms with Gasteiger partial charge in [0.2, 0.25) is 0 Å². The van der Waals surface area contributed by atoms with Gasteiger partial charge in [-0.1, -0.05) is 5.73 Å². The predicted octanol–water partition coefficient (Wildman–Crippen LogP) is 1.71. The van der Waals surface area contributed by atoms with Gasteiger partial charge < -0.3 is 4.90 Å². The second-order valence-corrected chi connectivity index (χ2v) is 3.09. The first kappa shape index (κ1) is 7.42. The molecule has 2 aliphatic heterocycles. The predicted molar refractivity (Wildman–Crippen MR) is 49.0 cm³/mol. The lowest BCUT2D eigenvalue weighted by Gasteiger charge is -2.27. The Bertz CT molecular complexity index is 283. The third-order valence-electron chi connectivity index (χ3n) is 2.19. The number of likely N-dealkylation sites (tertiary alicyclic amines) is 1. The van der Waals surface area contributed by atoms with E-state index in [1.54, 1.807) is 12.3 Å². The van der Waals surface area contributed by atoms with Gasteiger partial charge in [-0.2, -0.15) is 0 Å². The third-order valence-corrected chi connectivity index (χ3v) is 2.19. The lowest BCUT2D eigenvalue weighted by atomic mass is 10.1. The lowest BCUT2D eigenvalue weighted by molar-refractivity contribution is 0.284. The van der Waals surface area contributed by atoms with Gasteiger partial charge in [0.15, 0.2) is 5.82 Å². The Hall–Kier alpha value is -1.23. The van der Waals surface area contributed by atoms with E-state index >= 15 is 0 Å². The maximum absolute atomic E-state index is 4.24. The molecule has 0 saturated carbocycles. The van der Waals surface area contributed by atoms with E-state index in [4.69, 9.17) is 0 Å². The molecule has 0 atom stereocenters. The van der Waals surface area contributed by atoms with E-state index < -0.39 is 0 Å². The van der Waals surface area contributed by atoms with Crippen LogP contribution < -0.4 is 0 Å². The summed E-state index contributed by atoms with van der Waals surface area (Å²) in [6, 6.07) is 0. The van der Waals surface area contributed by atoms with Crippen LogP contribution in [0, 0.1) is 0 Å². The normalized spacial score (nSPS) is 21.3. The monoisotopic (exact) mass is 160 g/mol. The SMILES string of the molecule is C1=C=C(N2CCCCC2)N=CC=1. The Morgan fingerprint density at radius 1 is 1.25 bits per heavy atom. The Morgan fingerprint density at radius 3 is 2.75 bits per heavy atom. The smallest absolute Gasteiger partial charge is 0.181 e. The molecule has 0 aromatic rings. The average Bonchev–Trinajstić information content (AvgIpc) is 2.21. The van der Waals surface area contributed by atoms with Gasteiger partial charge in [0.25, 0.3) is 0 Å². The van der Waals surface area contributed by atoms with Crippen molar-refractivity contribution in [3.8, 4) is 0 Å². The van der Waals surface area contributed by atoms with Crippen molar-refractivity contribution < 1.29 is 0 Å². The van der Waals surface area contributed by atoms with E-state index in [1.807, 2.05) is 0 Å². The third kappa shape index (κ3) is 1.50. The van der Waals surface area contributed by atoms with Crippen LogP contribution in [0.15, 0.2) is 28.4 Å². The van der Waals surface area contributed by atoms with E-state index in [1.165, 1.54) is 19.3 Å². The summed E-state index contributed by atoms with van der Waals surface area (Å²) in [5.74, 6) is 0.956. The molecule has 0 unspecified atom stereocenters. The molecule has 0 radical (unpaired) electrons. The molecular formula is C10H12N2. The minimum atomic E-state index is 0.956. The zero-order chi connectivity index (χ0) is 8.23. The second kappa shape index (κ2) is 3.44. The Balaban J connectivity index is 2.13. The molecule has 0 N–H and O–H groups in total. The number of aliphatic imine (C=N–C) groups is 1. The molecule has 0 aromatic heterocycles. The van der Waals surface area contributed by atoms with Crippen molar-refractivity contribution in [1.29, 1.82) is 0 Å². The zero-order valence-corrected chi connectivity index (χ0v) is 7.08. The summed E-state index contributed by atoms with van der Waals surface area (Å²) in [6.07, 6.45) is 7.48. The molecule has 0 aliphatic carbocycles. The minimum Gasteiger partial charge on any atom is -0.350 e. The topological polar surface area (TPSA) is 15.6 Å². The molecule has 2 heteroatoms. The number of allylic oxidation sites excluding steroid dienone is 1. The summed E-state index contributed by atoms with van der Waals surface area (Å²) < 4.78 is 0. The van der Waals surface area contributed by atoms with Crippen molar-refractivity contribution in [3.05, 3.63) is 23.4 Å². The van der Waals surface area contributed by atoms with Crippen molar-refractivity contribution in [3.63, 3.8) is 0 Å². The van der Waals surface area contributed by atoms with Crippen LogP contribution in [0.4, 0.5) is 0 Å². The second-order valence-electron chi connectivity index (χ2n) is 3.09. The summed E-state index contributed by atoms with van der Waals surface area (Å²) in [6.45, 7) is 2.25. The number of hydrogen-bond acceptors (Lipinski definition) is 2. The molecule has 0 aromatic carbocycles. The molecule has 12 heavy (non-hydrogen) atoms. The lowest BCUT2D eigenvalue weighted by Crippen LogP contribution is -2.28. The van der Waals surface area contributed by atoms with E-state index in [9.17, 15) is 0 Å². The Morgan fingerprint density at radius 2 is 2.08 bits per heavy atom. The van der Waals surface area contributed by atoms with E-state index in [-0.39, 0.29) is 0 Å². The highest BCUT2D eigenvalue weighted by Crippen LogP contribution is 2.14. The highest BCUT2D eigenvalue weighted by molar-refractivity contribution is 5.72. The fourth-order valence-corrected chi connectivity index (χ4v) is 1.55. The molecule has 2 rings (SSSR count). The molecule has 2 nitrogen and oxygen atoms in total. The van der Waals surface area contributed by atoms with E-state index in [2.05, 4.69) is 21.4 Å². The first-order chi connectivity index (χ1) is 5.97. The molecule has 62 valence electrons. The minimum absolute atomic E-state index is 0.956. The van der Waals surface area contributed by atoms with Gasteiger partial charge in [0, 0.05) is 25.4 Å². The first-order valence-corrected chi connectivity index (χ1v) is 4.46. The average molecular weight is 160 g/mol. The van der Waals surface area contributed by atoms with Gasteiger partial charge in [0.05, 0.1) is 0 Å². The summed E-state index contributed by atoms with van der Waals surface area (Å²) in [5, 5.41) is 0. The van der Waals surface area contributed by atoms with Crippen molar-refractivity contribution >= 4 is 6.21 Å². The van der Waals surface area contributed by atoms with Crippen molar-refractivity contribution in [1.82, 2.24) is 4.90 Å². The fraction of sp³-hybridized carbons (Fsp3) is 0.500. The molecule has 2 aliphatic rings. The Labute approximate surface area is 72.6 Å². The number of nitrogens with zero attached hydrogens (tertiary/aromatic N) is 2. The maximum Gasteiger partial charge on any atom is 0.181 e. The summed E-state index contributed by atoms with van der Waals surface area (Å²) in [7, 11) is 0. The Kier molecular flexibility index (Phi) is 2.13. The largest absolute Gasteiger partial charge is 0.350 e. The maximum atomic E-state index is 4.24. The summed E-state index contributed by atoms with van der Waals surface area (Å²) >= 11 is 0. The van der Waals surface area contributed by atoms with Gasteiger partial charge in [0.1, 0.15) is 0 Å². The van der Waals surface area contributed by atoms with Gasteiger partial charge in [-0.15, -0.1) is 0 Å². The molecule has 1 fully saturated rings. The molecule has 0 bridgehead atoms. The molecule has 0 spiro atoms. The van der Waals surface area contributed by atoms with Crippen LogP contribution in [-0.4, -0.2) is 24.2 Å². The van der Waals surface area contributed by atoms with Gasteiger partial charge in [-0.3, -0.25) is 0 Å². The van der Waals surface area contributed by atoms with Crippen molar-refractivity contribution in [2.75, 3.05) is 13.1 Å². The highest BCUT2D eigenvalue weighted by Gasteiger charge is 2.11. The number of rotatable bonds is 1. The summed E-state index contributed by atoms with van der Waals surface area (Å²) in [5.41, 5.74) is 5.96. The summed E-state index contributed by atoms with van der Waals surface area (Å²) in [4.78, 5) is 6.52. The zero-order valence-electron chi connectivity index (χ0n) is 7.08. The van der Waals surface area contributed by atoms with Crippen molar-refractivity contribution in [2.45, 2.75) is 19.3 Å². The first-order valence-electron chi connectivity index (χ1n) is 4.46. The van der Waals surface area contributed by atoms with Crippen LogP contribution in [-0.2, 0) is 0 Å². The van der Waals surface area contributed by atoms with Crippen LogP contribution in [0.2, 0.25) is 0 Å². The van der Waals surface area contributed by atoms with Crippen LogP contribution in [0.5, 0.6) is 0 Å². The molecule has 1 saturated heterocycles. The van der Waals surface area contributed by atoms with Crippen LogP contribution in [0.3, 0.4) is 0 Å². The van der Waals surface area contributed by atoms with Gasteiger partial charge in [-0.25, -0.2) is 4.99 Å². The highest BCUT2D eigenvalue weighted by atomic mass is 15.2. The standard InChI is InChI=1S/C10H12N2/c1-4-8-12(9-5-1)10-6-2-3-7-11-10/h3,7H,1,4-5,8-9H2. The van der Waals surface area contributed by atoms with Gasteiger partial charge in [-0.05, 0) is 25.0 Å². The number of piperidine rings is 1. The molecule has 2 heterocycles. The fourth-order valence-electron chi connectivity index (χ4n) is 1.55. The van der Waals surface area contributed by atoms with Crippen LogP contribution in [0.25, 0.3) is 0 Å². The van der Waals surface area contributed by atoms with Crippen LogP contribution in [0.1, 0.15) is 19.3 Å².